The van der Waals surface area contributed by atoms with Gasteiger partial charge in [-0.05, 0) is 0 Å². The van der Waals surface area contributed by atoms with Gasteiger partial charge in [-0.3, -0.25) is 0 Å². The normalized spacial score (nSPS) is 27.4. The van der Waals surface area contributed by atoms with Gasteiger partial charge >= 0.3 is 18.9 Å². The number of rotatable bonds is 1. The molecular weight excluding hydrogens is 127 g/mol. The first-order valence-corrected chi connectivity index (χ1v) is 3.71. The van der Waals surface area contributed by atoms with Crippen LogP contribution < -0.4 is 18.9 Å². The van der Waals surface area contributed by atoms with Crippen molar-refractivity contribution in [3.63, 3.8) is 0 Å². The third-order valence-electron chi connectivity index (χ3n) is 2.25. The summed E-state index contributed by atoms with van der Waals surface area (Å²) in [6.45, 7) is 2.28. The Balaban J connectivity index is 0.000000605. The summed E-state index contributed by atoms with van der Waals surface area (Å²) in [4.78, 5) is 0. The summed E-state index contributed by atoms with van der Waals surface area (Å²) in [5.74, 6) is 0. The van der Waals surface area contributed by atoms with Gasteiger partial charge in [-0.25, -0.2) is 0 Å². The smallest absolute Gasteiger partial charge is 0.322 e. The summed E-state index contributed by atoms with van der Waals surface area (Å²) in [5.41, 5.74) is 1.87. The van der Waals surface area contributed by atoms with Crippen LogP contribution in [0.15, 0.2) is 30.3 Å². The van der Waals surface area contributed by atoms with Crippen LogP contribution in [-0.2, 0) is 5.41 Å². The Bertz CT molecular complexity index is 224. The van der Waals surface area contributed by atoms with Gasteiger partial charge in [0.15, 0.2) is 0 Å². The van der Waals surface area contributed by atoms with Crippen LogP contribution in [0.3, 0.4) is 0 Å². The Morgan fingerprint density at radius 2 is 1.82 bits per heavy atom. The standard InChI is InChI=1S/C10H11.Li/c1-10(7-8-10)9-5-3-2-4-6-9;/h2-7H,8H2,1H3;/q-1;+1/t10-;/m1./s1. The number of hydrogen-bond acceptors (Lipinski definition) is 0. The van der Waals surface area contributed by atoms with Gasteiger partial charge in [0, 0.05) is 0 Å². The fraction of sp³-hybridized carbons (Fsp3) is 0.300. The molecule has 1 atom stereocenters. The van der Waals surface area contributed by atoms with Gasteiger partial charge < -0.3 is 6.42 Å². The average Bonchev–Trinajstić information content (AvgIpc) is 2.72. The van der Waals surface area contributed by atoms with Crippen LogP contribution in [-0.4, -0.2) is 0 Å². The van der Waals surface area contributed by atoms with Crippen molar-refractivity contribution >= 4 is 0 Å². The largest absolute Gasteiger partial charge is 1.00 e. The van der Waals surface area contributed by atoms with E-state index in [2.05, 4.69) is 43.7 Å². The molecule has 0 unspecified atom stereocenters. The van der Waals surface area contributed by atoms with Crippen molar-refractivity contribution in [3.05, 3.63) is 42.3 Å². The van der Waals surface area contributed by atoms with Crippen LogP contribution in [0.2, 0.25) is 0 Å². The quantitative estimate of drug-likeness (QED) is 0.364. The van der Waals surface area contributed by atoms with Gasteiger partial charge in [-0.15, -0.1) is 0 Å². The van der Waals surface area contributed by atoms with Crippen LogP contribution in [0.1, 0.15) is 18.9 Å². The molecule has 0 N–H and O–H groups in total. The van der Waals surface area contributed by atoms with E-state index < -0.39 is 0 Å². The molecule has 0 saturated heterocycles. The summed E-state index contributed by atoms with van der Waals surface area (Å²) >= 11 is 0. The summed E-state index contributed by atoms with van der Waals surface area (Å²) in [6, 6.07) is 10.7. The fourth-order valence-corrected chi connectivity index (χ4v) is 1.21. The minimum atomic E-state index is 0. The zero-order valence-corrected chi connectivity index (χ0v) is 7.17. The molecule has 1 fully saturated rings. The van der Waals surface area contributed by atoms with Crippen molar-refractivity contribution in [2.45, 2.75) is 18.8 Å². The molecule has 0 radical (unpaired) electrons. The molecule has 2 rings (SSSR count). The number of hydrogen-bond donors (Lipinski definition) is 0. The maximum Gasteiger partial charge on any atom is 1.00 e. The van der Waals surface area contributed by atoms with Crippen LogP contribution in [0, 0.1) is 6.42 Å². The second-order valence-electron chi connectivity index (χ2n) is 3.19. The van der Waals surface area contributed by atoms with Gasteiger partial charge in [-0.2, -0.15) is 11.8 Å². The molecule has 0 amide bonds. The Hall–Kier alpha value is -0.183. The predicted octanol–water partition coefficient (Wildman–Crippen LogP) is -0.444. The van der Waals surface area contributed by atoms with Gasteiger partial charge in [0.2, 0.25) is 0 Å². The second-order valence-corrected chi connectivity index (χ2v) is 3.19. The maximum absolute atomic E-state index is 2.35. The Morgan fingerprint density at radius 1 is 1.27 bits per heavy atom. The van der Waals surface area contributed by atoms with Crippen molar-refractivity contribution in [1.82, 2.24) is 0 Å². The zero-order chi connectivity index (χ0) is 7.03. The first-order valence-electron chi connectivity index (χ1n) is 3.71. The van der Waals surface area contributed by atoms with Gasteiger partial charge in [0.1, 0.15) is 0 Å². The Labute approximate surface area is 80.2 Å². The van der Waals surface area contributed by atoms with Gasteiger partial charge in [0.05, 0.1) is 0 Å². The minimum absolute atomic E-state index is 0. The van der Waals surface area contributed by atoms with E-state index in [4.69, 9.17) is 0 Å². The molecule has 1 aromatic carbocycles. The van der Waals surface area contributed by atoms with Crippen molar-refractivity contribution in [3.8, 4) is 0 Å². The average molecular weight is 138 g/mol. The molecule has 0 nitrogen and oxygen atoms in total. The molecule has 0 bridgehead atoms. The molecule has 52 valence electrons. The molecule has 0 spiro atoms. The van der Waals surface area contributed by atoms with Crippen LogP contribution in [0.25, 0.3) is 0 Å². The third-order valence-corrected chi connectivity index (χ3v) is 2.25. The van der Waals surface area contributed by atoms with Crippen LogP contribution >= 0.6 is 0 Å². The van der Waals surface area contributed by atoms with E-state index in [9.17, 15) is 0 Å². The molecular formula is C10H11Li. The monoisotopic (exact) mass is 138 g/mol. The van der Waals surface area contributed by atoms with Crippen LogP contribution in [0.5, 0.6) is 0 Å². The van der Waals surface area contributed by atoms with Crippen LogP contribution in [0.4, 0.5) is 0 Å². The predicted molar refractivity (Wildman–Crippen MR) is 42.7 cm³/mol. The Kier molecular flexibility index (Phi) is 2.47. The molecule has 0 aromatic heterocycles. The van der Waals surface area contributed by atoms with Gasteiger partial charge in [-0.1, -0.05) is 42.8 Å². The molecule has 0 heterocycles. The maximum atomic E-state index is 2.35. The van der Waals surface area contributed by atoms with E-state index in [0.717, 1.165) is 0 Å². The second kappa shape index (κ2) is 3.05. The van der Waals surface area contributed by atoms with Gasteiger partial charge in [0.25, 0.3) is 0 Å². The molecule has 1 heteroatoms. The first-order chi connectivity index (χ1) is 4.81. The topological polar surface area (TPSA) is 0 Å². The number of benzene rings is 1. The molecule has 0 aliphatic heterocycles. The zero-order valence-electron chi connectivity index (χ0n) is 7.17. The SMILES string of the molecule is C[C@@]1(c2ccccc2)[CH-]C1.[Li+]. The van der Waals surface area contributed by atoms with Crippen molar-refractivity contribution in [2.75, 3.05) is 0 Å². The van der Waals surface area contributed by atoms with E-state index in [0.29, 0.717) is 5.41 Å². The molecule has 1 aliphatic rings. The Morgan fingerprint density at radius 3 is 2.27 bits per heavy atom. The minimum Gasteiger partial charge on any atom is -0.322 e. The van der Waals surface area contributed by atoms with E-state index in [1.807, 2.05) is 0 Å². The first kappa shape index (κ1) is 8.91. The van der Waals surface area contributed by atoms with Crippen molar-refractivity contribution in [2.24, 2.45) is 0 Å². The summed E-state index contributed by atoms with van der Waals surface area (Å²) in [7, 11) is 0. The molecule has 1 saturated carbocycles. The molecule has 1 aliphatic carbocycles. The summed E-state index contributed by atoms with van der Waals surface area (Å²) in [6.07, 6.45) is 3.60. The molecule has 11 heavy (non-hydrogen) atoms. The van der Waals surface area contributed by atoms with E-state index in [1.54, 1.807) is 0 Å². The van der Waals surface area contributed by atoms with Crippen molar-refractivity contribution < 1.29 is 18.9 Å². The van der Waals surface area contributed by atoms with Crippen molar-refractivity contribution in [1.29, 1.82) is 0 Å². The fourth-order valence-electron chi connectivity index (χ4n) is 1.21. The van der Waals surface area contributed by atoms with E-state index >= 15 is 0 Å². The van der Waals surface area contributed by atoms with E-state index in [-0.39, 0.29) is 18.9 Å². The summed E-state index contributed by atoms with van der Waals surface area (Å²) in [5, 5.41) is 0. The third kappa shape index (κ3) is 1.69. The summed E-state index contributed by atoms with van der Waals surface area (Å²) < 4.78 is 0. The molecule has 1 aromatic rings. The van der Waals surface area contributed by atoms with E-state index in [1.165, 1.54) is 12.0 Å².